The van der Waals surface area contributed by atoms with Crippen molar-refractivity contribution in [3.8, 4) is 21.9 Å². The second kappa shape index (κ2) is 9.65. The van der Waals surface area contributed by atoms with E-state index in [0.717, 1.165) is 20.8 Å². The number of carbonyl (C=O) groups is 1. The smallest absolute Gasteiger partial charge is 0.248 e. The number of anilines is 1. The normalized spacial score (nSPS) is 11.4. The molecule has 4 nitrogen and oxygen atoms in total. The van der Waals surface area contributed by atoms with Gasteiger partial charge in [0.2, 0.25) is 5.91 Å². The lowest BCUT2D eigenvalue weighted by molar-refractivity contribution is -0.111. The van der Waals surface area contributed by atoms with Crippen molar-refractivity contribution in [2.75, 3.05) is 5.32 Å². The third kappa shape index (κ3) is 4.88. The predicted molar refractivity (Wildman–Crippen MR) is 142 cm³/mol. The monoisotopic (exact) mass is 524 g/mol. The minimum atomic E-state index is -0.357. The maximum Gasteiger partial charge on any atom is 0.248 e. The Labute approximate surface area is 214 Å². The molecule has 168 valence electrons. The van der Waals surface area contributed by atoms with Crippen LogP contribution in [0, 0.1) is 0 Å². The molecule has 2 aromatic heterocycles. The van der Waals surface area contributed by atoms with E-state index in [9.17, 15) is 4.79 Å². The average molecular weight is 526 g/mol. The molecule has 0 fully saturated rings. The number of aromatic nitrogens is 1. The number of nitrogens with one attached hydrogen (secondary N) is 1. The highest BCUT2D eigenvalue weighted by atomic mass is 35.5. The molecule has 0 saturated carbocycles. The fourth-order valence-corrected chi connectivity index (χ4v) is 5.04. The topological polar surface area (TPSA) is 55.1 Å². The van der Waals surface area contributed by atoms with Crippen LogP contribution in [0.5, 0.6) is 0 Å². The van der Waals surface area contributed by atoms with E-state index in [1.165, 1.54) is 17.4 Å². The van der Waals surface area contributed by atoms with Crippen molar-refractivity contribution in [2.45, 2.75) is 0 Å². The summed E-state index contributed by atoms with van der Waals surface area (Å²) in [5.74, 6) is 0.860. The number of benzene rings is 3. The Morgan fingerprint density at radius 1 is 0.941 bits per heavy atom. The number of halogens is 3. The van der Waals surface area contributed by atoms with Crippen LogP contribution >= 0.6 is 46.1 Å². The van der Waals surface area contributed by atoms with Crippen LogP contribution in [0.25, 0.3) is 38.2 Å². The minimum absolute atomic E-state index is 0.333. The fraction of sp³-hybridized carbons (Fsp3) is 0. The summed E-state index contributed by atoms with van der Waals surface area (Å²) in [5, 5.41) is 5.00. The van der Waals surface area contributed by atoms with Gasteiger partial charge in [-0.15, -0.1) is 11.3 Å². The molecule has 3 aromatic carbocycles. The minimum Gasteiger partial charge on any atom is -0.457 e. The summed E-state index contributed by atoms with van der Waals surface area (Å²) in [4.78, 5) is 17.2. The van der Waals surface area contributed by atoms with Gasteiger partial charge < -0.3 is 9.73 Å². The van der Waals surface area contributed by atoms with Crippen molar-refractivity contribution in [1.29, 1.82) is 0 Å². The van der Waals surface area contributed by atoms with E-state index in [0.29, 0.717) is 37.8 Å². The Morgan fingerprint density at radius 3 is 2.53 bits per heavy atom. The van der Waals surface area contributed by atoms with Gasteiger partial charge in [-0.25, -0.2) is 4.98 Å². The number of para-hydroxylation sites is 1. The lowest BCUT2D eigenvalue weighted by atomic mass is 10.2. The molecule has 0 unspecified atom stereocenters. The number of nitrogens with zero attached hydrogens (tertiary/aromatic N) is 1. The highest BCUT2D eigenvalue weighted by molar-refractivity contribution is 7.21. The number of carbonyl (C=O) groups excluding carboxylic acids is 1. The first-order valence-corrected chi connectivity index (χ1v) is 12.1. The summed E-state index contributed by atoms with van der Waals surface area (Å²) < 4.78 is 6.84. The van der Waals surface area contributed by atoms with Gasteiger partial charge in [0.25, 0.3) is 0 Å². The molecule has 0 aliphatic carbocycles. The number of rotatable bonds is 5. The van der Waals surface area contributed by atoms with E-state index >= 15 is 0 Å². The van der Waals surface area contributed by atoms with Gasteiger partial charge in [0.05, 0.1) is 25.9 Å². The average Bonchev–Trinajstić information content (AvgIpc) is 3.47. The van der Waals surface area contributed by atoms with Crippen LogP contribution in [0.3, 0.4) is 0 Å². The van der Waals surface area contributed by atoms with Crippen molar-refractivity contribution < 1.29 is 9.21 Å². The first-order valence-electron chi connectivity index (χ1n) is 10.2. The van der Waals surface area contributed by atoms with Crippen molar-refractivity contribution in [3.05, 3.63) is 99.7 Å². The lowest BCUT2D eigenvalue weighted by Gasteiger charge is -2.09. The largest absolute Gasteiger partial charge is 0.457 e. The van der Waals surface area contributed by atoms with Crippen LogP contribution < -0.4 is 5.32 Å². The molecule has 34 heavy (non-hydrogen) atoms. The molecule has 0 radical (unpaired) electrons. The van der Waals surface area contributed by atoms with Crippen molar-refractivity contribution in [1.82, 2.24) is 4.98 Å². The zero-order valence-electron chi connectivity index (χ0n) is 17.4. The van der Waals surface area contributed by atoms with Crippen LogP contribution in [-0.2, 0) is 4.79 Å². The third-order valence-electron chi connectivity index (χ3n) is 4.99. The Morgan fingerprint density at radius 2 is 1.74 bits per heavy atom. The zero-order valence-corrected chi connectivity index (χ0v) is 20.5. The molecule has 1 amide bonds. The van der Waals surface area contributed by atoms with Gasteiger partial charge in [-0.1, -0.05) is 46.9 Å². The van der Waals surface area contributed by atoms with Gasteiger partial charge in [0, 0.05) is 22.2 Å². The number of hydrogen-bond donors (Lipinski definition) is 1. The van der Waals surface area contributed by atoms with Crippen molar-refractivity contribution in [3.63, 3.8) is 0 Å². The number of amides is 1. The fourth-order valence-electron chi connectivity index (χ4n) is 3.34. The predicted octanol–water partition coefficient (Wildman–Crippen LogP) is 8.84. The SMILES string of the molecule is O=C(C=Cc1ccc(-c2ccc(Cl)cc2)o1)Nc1cc(-c2nc3ccccc3s2)c(Cl)cc1Cl. The molecule has 5 rings (SSSR count). The first-order chi connectivity index (χ1) is 16.5. The summed E-state index contributed by atoms with van der Waals surface area (Å²) in [5.41, 5.74) is 2.92. The summed E-state index contributed by atoms with van der Waals surface area (Å²) in [6.45, 7) is 0. The summed E-state index contributed by atoms with van der Waals surface area (Å²) in [6, 6.07) is 22.1. The molecule has 0 aliphatic rings. The Bertz CT molecular complexity index is 1500. The molecule has 8 heteroatoms. The number of thiazole rings is 1. The number of furan rings is 1. The number of fused-ring (bicyclic) bond motifs is 1. The molecular formula is C26H15Cl3N2O2S. The molecular weight excluding hydrogens is 511 g/mol. The van der Waals surface area contributed by atoms with Crippen LogP contribution in [0.15, 0.2) is 83.3 Å². The third-order valence-corrected chi connectivity index (χ3v) is 6.94. The molecule has 0 spiro atoms. The van der Waals surface area contributed by atoms with Gasteiger partial charge in [0.15, 0.2) is 0 Å². The summed E-state index contributed by atoms with van der Waals surface area (Å²) in [7, 11) is 0. The van der Waals surface area contributed by atoms with E-state index in [2.05, 4.69) is 10.3 Å². The van der Waals surface area contributed by atoms with Crippen LogP contribution in [0.1, 0.15) is 5.76 Å². The van der Waals surface area contributed by atoms with E-state index < -0.39 is 0 Å². The highest BCUT2D eigenvalue weighted by Crippen LogP contribution is 2.39. The summed E-state index contributed by atoms with van der Waals surface area (Å²) >= 11 is 20.2. The van der Waals surface area contributed by atoms with Gasteiger partial charge in [-0.3, -0.25) is 4.79 Å². The van der Waals surface area contributed by atoms with E-state index in [4.69, 9.17) is 39.2 Å². The van der Waals surface area contributed by atoms with Crippen molar-refractivity contribution in [2.24, 2.45) is 0 Å². The number of hydrogen-bond acceptors (Lipinski definition) is 4. The molecule has 1 N–H and O–H groups in total. The summed E-state index contributed by atoms with van der Waals surface area (Å²) in [6.07, 6.45) is 2.97. The van der Waals surface area contributed by atoms with E-state index in [1.54, 1.807) is 36.4 Å². The molecule has 0 bridgehead atoms. The van der Waals surface area contributed by atoms with E-state index in [1.807, 2.05) is 42.5 Å². The Kier molecular flexibility index (Phi) is 6.44. The van der Waals surface area contributed by atoms with Gasteiger partial charge in [0.1, 0.15) is 16.5 Å². The second-order valence-corrected chi connectivity index (χ2v) is 9.61. The Hall–Kier alpha value is -3.09. The maximum atomic E-state index is 12.6. The highest BCUT2D eigenvalue weighted by Gasteiger charge is 2.14. The molecule has 0 aliphatic heterocycles. The van der Waals surface area contributed by atoms with Crippen LogP contribution in [-0.4, -0.2) is 10.9 Å². The quantitative estimate of drug-likeness (QED) is 0.233. The Balaban J connectivity index is 1.34. The molecule has 0 saturated heterocycles. The lowest BCUT2D eigenvalue weighted by Crippen LogP contribution is -2.08. The second-order valence-electron chi connectivity index (χ2n) is 7.33. The molecule has 2 heterocycles. The van der Waals surface area contributed by atoms with Crippen LogP contribution in [0.4, 0.5) is 5.69 Å². The van der Waals surface area contributed by atoms with Gasteiger partial charge >= 0.3 is 0 Å². The molecule has 5 aromatic rings. The van der Waals surface area contributed by atoms with Crippen LogP contribution in [0.2, 0.25) is 15.1 Å². The van der Waals surface area contributed by atoms with Crippen molar-refractivity contribution >= 4 is 74.0 Å². The standard InChI is InChI=1S/C26H15Cl3N2O2S/c27-16-7-5-15(6-8-16)23-11-9-17(33-23)10-12-25(32)30-22-13-18(19(28)14-20(22)29)26-31-21-3-1-2-4-24(21)34-26/h1-14H,(H,30,32). The van der Waals surface area contributed by atoms with E-state index in [-0.39, 0.29) is 5.91 Å². The van der Waals surface area contributed by atoms with Gasteiger partial charge in [-0.05, 0) is 66.7 Å². The molecule has 0 atom stereocenters. The van der Waals surface area contributed by atoms with Gasteiger partial charge in [-0.2, -0.15) is 0 Å². The maximum absolute atomic E-state index is 12.6. The zero-order chi connectivity index (χ0) is 23.7. The first kappa shape index (κ1) is 22.7.